The molecule has 1 atom stereocenters. The van der Waals surface area contributed by atoms with Crippen LogP contribution in [0.1, 0.15) is 47.8 Å². The van der Waals surface area contributed by atoms with E-state index in [4.69, 9.17) is 4.74 Å². The van der Waals surface area contributed by atoms with Crippen molar-refractivity contribution in [2.75, 3.05) is 44.0 Å². The summed E-state index contributed by atoms with van der Waals surface area (Å²) in [5, 5.41) is 7.71. The Morgan fingerprint density at radius 3 is 2.75 bits per heavy atom. The number of nitrogens with one attached hydrogen (secondary N) is 2. The number of hydrogen-bond acceptors (Lipinski definition) is 5. The van der Waals surface area contributed by atoms with Gasteiger partial charge < -0.3 is 25.2 Å². The minimum Gasteiger partial charge on any atom is -0.377 e. The van der Waals surface area contributed by atoms with Gasteiger partial charge in [-0.05, 0) is 54.5 Å². The van der Waals surface area contributed by atoms with Gasteiger partial charge >= 0.3 is 6.03 Å². The van der Waals surface area contributed by atoms with E-state index < -0.39 is 0 Å². The van der Waals surface area contributed by atoms with Crippen LogP contribution in [-0.4, -0.2) is 56.7 Å². The van der Waals surface area contributed by atoms with Crippen LogP contribution in [0.5, 0.6) is 0 Å². The van der Waals surface area contributed by atoms with Crippen molar-refractivity contribution in [3.63, 3.8) is 0 Å². The standard InChI is InChI=1S/C24H34N4O3S/c1-4-5-12-25-24(30)26-19-10-11-21(27(2)3)18(15-19)16-28(17-20-8-6-13-31-20)23(29)22-9-7-14-32-22/h7,9-11,14-15,20H,4-6,8,12-13,16-17H2,1-3H3,(H2,25,26,30). The van der Waals surface area contributed by atoms with Crippen LogP contribution in [0, 0.1) is 0 Å². The van der Waals surface area contributed by atoms with Gasteiger partial charge in [-0.2, -0.15) is 0 Å². The van der Waals surface area contributed by atoms with E-state index in [1.165, 1.54) is 11.3 Å². The highest BCUT2D eigenvalue weighted by atomic mass is 32.1. The monoisotopic (exact) mass is 458 g/mol. The van der Waals surface area contributed by atoms with Crippen molar-refractivity contribution in [2.24, 2.45) is 0 Å². The first-order chi connectivity index (χ1) is 15.5. The minimum absolute atomic E-state index is 0.0101. The maximum Gasteiger partial charge on any atom is 0.319 e. The molecule has 0 spiro atoms. The third-order valence-electron chi connectivity index (χ3n) is 5.46. The van der Waals surface area contributed by atoms with Crippen LogP contribution < -0.4 is 15.5 Å². The first kappa shape index (κ1) is 24.1. The van der Waals surface area contributed by atoms with E-state index in [1.807, 2.05) is 59.6 Å². The van der Waals surface area contributed by atoms with Crippen molar-refractivity contribution >= 4 is 34.6 Å². The van der Waals surface area contributed by atoms with E-state index in [0.717, 1.165) is 48.4 Å². The van der Waals surface area contributed by atoms with Crippen molar-refractivity contribution in [1.29, 1.82) is 0 Å². The third kappa shape index (κ3) is 6.71. The molecule has 32 heavy (non-hydrogen) atoms. The summed E-state index contributed by atoms with van der Waals surface area (Å²) in [6.45, 7) is 4.48. The molecule has 0 saturated carbocycles. The summed E-state index contributed by atoms with van der Waals surface area (Å²) >= 11 is 1.45. The molecule has 3 rings (SSSR count). The number of benzene rings is 1. The lowest BCUT2D eigenvalue weighted by Gasteiger charge is -2.28. The van der Waals surface area contributed by atoms with Crippen LogP contribution in [0.25, 0.3) is 0 Å². The fourth-order valence-corrected chi connectivity index (χ4v) is 4.49. The highest BCUT2D eigenvalue weighted by Crippen LogP contribution is 2.27. The molecule has 2 aromatic rings. The normalized spacial score (nSPS) is 15.4. The molecule has 1 aliphatic heterocycles. The first-order valence-corrected chi connectivity index (χ1v) is 12.2. The predicted octanol–water partition coefficient (Wildman–Crippen LogP) is 4.56. The Bertz CT molecular complexity index is 879. The van der Waals surface area contributed by atoms with Crippen molar-refractivity contribution in [3.8, 4) is 0 Å². The van der Waals surface area contributed by atoms with Gasteiger partial charge in [0, 0.05) is 51.7 Å². The van der Waals surface area contributed by atoms with E-state index in [9.17, 15) is 9.59 Å². The van der Waals surface area contributed by atoms with Crippen LogP contribution in [-0.2, 0) is 11.3 Å². The second-order valence-corrected chi connectivity index (χ2v) is 9.22. The van der Waals surface area contributed by atoms with Gasteiger partial charge in [-0.15, -0.1) is 11.3 Å². The Kier molecular flexibility index (Phi) is 8.93. The van der Waals surface area contributed by atoms with Gasteiger partial charge in [0.15, 0.2) is 0 Å². The second kappa shape index (κ2) is 11.9. The number of carbonyl (C=O) groups is 2. The maximum atomic E-state index is 13.3. The number of unbranched alkanes of at least 4 members (excludes halogenated alkanes) is 1. The third-order valence-corrected chi connectivity index (χ3v) is 6.32. The van der Waals surface area contributed by atoms with Crippen LogP contribution in [0.4, 0.5) is 16.2 Å². The Hall–Kier alpha value is -2.58. The topological polar surface area (TPSA) is 73.9 Å². The molecule has 1 saturated heterocycles. The van der Waals surface area contributed by atoms with Crippen LogP contribution in [0.3, 0.4) is 0 Å². The molecule has 1 aromatic carbocycles. The second-order valence-electron chi connectivity index (χ2n) is 8.27. The summed E-state index contributed by atoms with van der Waals surface area (Å²) in [4.78, 5) is 30.1. The Morgan fingerprint density at radius 2 is 2.09 bits per heavy atom. The smallest absolute Gasteiger partial charge is 0.319 e. The van der Waals surface area contributed by atoms with Crippen molar-refractivity contribution < 1.29 is 14.3 Å². The van der Waals surface area contributed by atoms with Gasteiger partial charge in [-0.25, -0.2) is 4.79 Å². The number of nitrogens with zero attached hydrogens (tertiary/aromatic N) is 2. The number of thiophene rings is 1. The highest BCUT2D eigenvalue weighted by molar-refractivity contribution is 7.12. The molecule has 2 heterocycles. The Morgan fingerprint density at radius 1 is 1.25 bits per heavy atom. The Labute approximate surface area is 194 Å². The summed E-state index contributed by atoms with van der Waals surface area (Å²) in [6.07, 6.45) is 4.03. The van der Waals surface area contributed by atoms with Gasteiger partial charge in [0.2, 0.25) is 0 Å². The number of ether oxygens (including phenoxy) is 1. The number of urea groups is 1. The lowest BCUT2D eigenvalue weighted by Crippen LogP contribution is -2.37. The molecule has 1 aliphatic rings. The van der Waals surface area contributed by atoms with Crippen molar-refractivity contribution in [3.05, 3.63) is 46.2 Å². The molecule has 8 heteroatoms. The van der Waals surface area contributed by atoms with E-state index in [-0.39, 0.29) is 18.0 Å². The minimum atomic E-state index is -0.215. The van der Waals surface area contributed by atoms with Crippen LogP contribution in [0.2, 0.25) is 0 Å². The van der Waals surface area contributed by atoms with Crippen LogP contribution >= 0.6 is 11.3 Å². The van der Waals surface area contributed by atoms with E-state index in [1.54, 1.807) is 0 Å². The zero-order chi connectivity index (χ0) is 22.9. The quantitative estimate of drug-likeness (QED) is 0.512. The number of carbonyl (C=O) groups excluding carboxylic acids is 2. The van der Waals surface area contributed by atoms with Crippen molar-refractivity contribution in [1.82, 2.24) is 10.2 Å². The molecule has 2 N–H and O–H groups in total. The molecule has 0 bridgehead atoms. The summed E-state index contributed by atoms with van der Waals surface area (Å²) < 4.78 is 5.82. The lowest BCUT2D eigenvalue weighted by atomic mass is 10.1. The summed E-state index contributed by atoms with van der Waals surface area (Å²) in [5.41, 5.74) is 2.70. The van der Waals surface area contributed by atoms with Gasteiger partial charge in [-0.3, -0.25) is 4.79 Å². The number of hydrogen-bond donors (Lipinski definition) is 2. The summed E-state index contributed by atoms with van der Waals surface area (Å²) in [7, 11) is 3.96. The maximum absolute atomic E-state index is 13.3. The molecule has 0 aliphatic carbocycles. The number of rotatable bonds is 10. The molecule has 0 radical (unpaired) electrons. The zero-order valence-corrected chi connectivity index (χ0v) is 20.0. The summed E-state index contributed by atoms with van der Waals surface area (Å²) in [5.74, 6) is 0.0101. The average Bonchev–Trinajstić information content (AvgIpc) is 3.47. The van der Waals surface area contributed by atoms with E-state index in [2.05, 4.69) is 17.6 Å². The van der Waals surface area contributed by atoms with Gasteiger partial charge in [0.25, 0.3) is 5.91 Å². The zero-order valence-electron chi connectivity index (χ0n) is 19.2. The average molecular weight is 459 g/mol. The van der Waals surface area contributed by atoms with Crippen LogP contribution in [0.15, 0.2) is 35.7 Å². The molecule has 1 fully saturated rings. The predicted molar refractivity (Wildman–Crippen MR) is 131 cm³/mol. The first-order valence-electron chi connectivity index (χ1n) is 11.3. The largest absolute Gasteiger partial charge is 0.377 e. The van der Waals surface area contributed by atoms with E-state index >= 15 is 0 Å². The van der Waals surface area contributed by atoms with Gasteiger partial charge in [0.05, 0.1) is 11.0 Å². The van der Waals surface area contributed by atoms with E-state index in [0.29, 0.717) is 25.3 Å². The van der Waals surface area contributed by atoms with Crippen molar-refractivity contribution in [2.45, 2.75) is 45.3 Å². The molecule has 1 aromatic heterocycles. The molecule has 3 amide bonds. The fraction of sp³-hybridized carbons (Fsp3) is 0.500. The number of anilines is 2. The molecule has 174 valence electrons. The molecule has 1 unspecified atom stereocenters. The lowest BCUT2D eigenvalue weighted by molar-refractivity contribution is 0.0511. The number of amides is 3. The Balaban J connectivity index is 1.80. The molecular weight excluding hydrogens is 424 g/mol. The van der Waals surface area contributed by atoms with Gasteiger partial charge in [-0.1, -0.05) is 19.4 Å². The molecule has 7 nitrogen and oxygen atoms in total. The summed E-state index contributed by atoms with van der Waals surface area (Å²) in [6, 6.07) is 9.38. The molecular formula is C24H34N4O3S. The SMILES string of the molecule is CCCCNC(=O)Nc1ccc(N(C)C)c(CN(CC2CCCO2)C(=O)c2cccs2)c1. The highest BCUT2D eigenvalue weighted by Gasteiger charge is 2.25. The van der Waals surface area contributed by atoms with Gasteiger partial charge in [0.1, 0.15) is 0 Å². The fourth-order valence-electron chi connectivity index (χ4n) is 3.80.